The minimum Gasteiger partial charge on any atom is -0.497 e. The van der Waals surface area contributed by atoms with Crippen molar-refractivity contribution in [3.63, 3.8) is 0 Å². The van der Waals surface area contributed by atoms with Crippen molar-refractivity contribution in [2.45, 2.75) is 26.2 Å². The third kappa shape index (κ3) is 4.01. The fourth-order valence-electron chi connectivity index (χ4n) is 3.86. The maximum absolute atomic E-state index is 12.7. The Kier molecular flexibility index (Phi) is 5.46. The molecule has 8 heteroatoms. The highest BCUT2D eigenvalue weighted by atomic mass is 16.5. The Hall–Kier alpha value is -3.68. The van der Waals surface area contributed by atoms with Gasteiger partial charge in [0.25, 0.3) is 0 Å². The fourth-order valence-corrected chi connectivity index (χ4v) is 3.86. The van der Waals surface area contributed by atoms with Gasteiger partial charge in [-0.1, -0.05) is 0 Å². The standard InChI is InChI=1S/C23H22N2O6/c1-14-11-18(7-8-19(14)25-20(26)9-10-21(25)27)31-23(29)15-12-22(28)24(13-15)16-3-5-17(30-2)6-4-16/h3-8,11,15H,9-10,12-13H2,1-2H3/t15-/m0/s1. The van der Waals surface area contributed by atoms with Gasteiger partial charge < -0.3 is 14.4 Å². The van der Waals surface area contributed by atoms with E-state index >= 15 is 0 Å². The lowest BCUT2D eigenvalue weighted by Crippen LogP contribution is -2.29. The van der Waals surface area contributed by atoms with Gasteiger partial charge in [-0.25, -0.2) is 0 Å². The Morgan fingerprint density at radius 1 is 0.935 bits per heavy atom. The molecule has 2 saturated heterocycles. The fraction of sp³-hybridized carbons (Fsp3) is 0.304. The summed E-state index contributed by atoms with van der Waals surface area (Å²) in [4.78, 5) is 51.7. The molecule has 0 spiro atoms. The summed E-state index contributed by atoms with van der Waals surface area (Å²) < 4.78 is 10.6. The highest BCUT2D eigenvalue weighted by Crippen LogP contribution is 2.31. The summed E-state index contributed by atoms with van der Waals surface area (Å²) in [6.45, 7) is 1.98. The normalized spacial score (nSPS) is 18.6. The van der Waals surface area contributed by atoms with Crippen LogP contribution in [0.5, 0.6) is 11.5 Å². The van der Waals surface area contributed by atoms with Crippen molar-refractivity contribution < 1.29 is 28.7 Å². The van der Waals surface area contributed by atoms with Gasteiger partial charge in [0.05, 0.1) is 18.7 Å². The number of methoxy groups -OCH3 is 1. The minimum absolute atomic E-state index is 0.0682. The summed E-state index contributed by atoms with van der Waals surface area (Å²) in [6, 6.07) is 11.8. The second-order valence-electron chi connectivity index (χ2n) is 7.60. The molecule has 0 saturated carbocycles. The van der Waals surface area contributed by atoms with Crippen molar-refractivity contribution in [2.24, 2.45) is 5.92 Å². The Labute approximate surface area is 179 Å². The van der Waals surface area contributed by atoms with Crippen LogP contribution in [0.2, 0.25) is 0 Å². The third-order valence-electron chi connectivity index (χ3n) is 5.52. The summed E-state index contributed by atoms with van der Waals surface area (Å²) in [5.74, 6) is -0.712. The molecule has 2 aliphatic rings. The van der Waals surface area contributed by atoms with Crippen molar-refractivity contribution >= 4 is 35.1 Å². The van der Waals surface area contributed by atoms with Gasteiger partial charge in [-0.15, -0.1) is 0 Å². The lowest BCUT2D eigenvalue weighted by molar-refractivity contribution is -0.139. The van der Waals surface area contributed by atoms with Crippen molar-refractivity contribution in [3.05, 3.63) is 48.0 Å². The molecule has 2 heterocycles. The van der Waals surface area contributed by atoms with Crippen LogP contribution in [-0.2, 0) is 19.2 Å². The Morgan fingerprint density at radius 2 is 1.58 bits per heavy atom. The number of carbonyl (C=O) groups excluding carboxylic acids is 4. The largest absolute Gasteiger partial charge is 0.497 e. The van der Waals surface area contributed by atoms with Gasteiger partial charge in [0, 0.05) is 31.5 Å². The predicted octanol–water partition coefficient (Wildman–Crippen LogP) is 2.62. The van der Waals surface area contributed by atoms with Crippen LogP contribution in [0, 0.1) is 12.8 Å². The molecule has 3 amide bonds. The lowest BCUT2D eigenvalue weighted by atomic mass is 10.1. The van der Waals surface area contributed by atoms with E-state index in [0.29, 0.717) is 28.4 Å². The molecule has 8 nitrogen and oxygen atoms in total. The number of esters is 1. The number of hydrogen-bond acceptors (Lipinski definition) is 6. The second kappa shape index (κ2) is 8.22. The maximum atomic E-state index is 12.7. The van der Waals surface area contributed by atoms with Crippen molar-refractivity contribution in [2.75, 3.05) is 23.5 Å². The first-order valence-electron chi connectivity index (χ1n) is 10.00. The topological polar surface area (TPSA) is 93.2 Å². The van der Waals surface area contributed by atoms with E-state index in [4.69, 9.17) is 9.47 Å². The molecule has 0 aliphatic carbocycles. The molecule has 31 heavy (non-hydrogen) atoms. The predicted molar refractivity (Wildman–Crippen MR) is 112 cm³/mol. The molecule has 4 rings (SSSR count). The van der Waals surface area contributed by atoms with E-state index < -0.39 is 11.9 Å². The molecule has 0 unspecified atom stereocenters. The van der Waals surface area contributed by atoms with E-state index in [9.17, 15) is 19.2 Å². The van der Waals surface area contributed by atoms with Gasteiger partial charge in [-0.2, -0.15) is 0 Å². The van der Waals surface area contributed by atoms with Gasteiger partial charge >= 0.3 is 5.97 Å². The zero-order chi connectivity index (χ0) is 22.1. The number of nitrogens with zero attached hydrogens (tertiary/aromatic N) is 2. The molecule has 2 aromatic rings. The van der Waals surface area contributed by atoms with Crippen molar-refractivity contribution in [1.82, 2.24) is 0 Å². The van der Waals surface area contributed by atoms with Crippen LogP contribution < -0.4 is 19.3 Å². The molecule has 160 valence electrons. The molecule has 1 atom stereocenters. The number of carbonyl (C=O) groups is 4. The minimum atomic E-state index is -0.587. The molecular weight excluding hydrogens is 400 g/mol. The molecule has 0 bridgehead atoms. The number of rotatable bonds is 5. The molecular formula is C23H22N2O6. The summed E-state index contributed by atoms with van der Waals surface area (Å²) in [5, 5.41) is 0. The molecule has 0 N–H and O–H groups in total. The van der Waals surface area contributed by atoms with Crippen molar-refractivity contribution in [3.8, 4) is 11.5 Å². The summed E-state index contributed by atoms with van der Waals surface area (Å²) in [5.41, 5.74) is 1.84. The van der Waals surface area contributed by atoms with Crippen LogP contribution in [0.15, 0.2) is 42.5 Å². The molecule has 2 aliphatic heterocycles. The number of benzene rings is 2. The van der Waals surface area contributed by atoms with Crippen LogP contribution >= 0.6 is 0 Å². The average molecular weight is 422 g/mol. The number of aryl methyl sites for hydroxylation is 1. The van der Waals surface area contributed by atoms with Gasteiger partial charge in [0.15, 0.2) is 0 Å². The first-order valence-corrected chi connectivity index (χ1v) is 10.00. The van der Waals surface area contributed by atoms with E-state index in [0.717, 1.165) is 0 Å². The van der Waals surface area contributed by atoms with Crippen LogP contribution in [-0.4, -0.2) is 37.3 Å². The van der Waals surface area contributed by atoms with E-state index in [-0.39, 0.29) is 43.5 Å². The average Bonchev–Trinajstić information content (AvgIpc) is 3.30. The molecule has 0 aromatic heterocycles. The molecule has 0 radical (unpaired) electrons. The lowest BCUT2D eigenvalue weighted by Gasteiger charge is -2.18. The number of hydrogen-bond donors (Lipinski definition) is 0. The highest BCUT2D eigenvalue weighted by molar-refractivity contribution is 6.20. The first kappa shape index (κ1) is 20.6. The number of imide groups is 1. The van der Waals surface area contributed by atoms with Gasteiger partial charge in [0.1, 0.15) is 11.5 Å². The van der Waals surface area contributed by atoms with E-state index in [1.54, 1.807) is 61.4 Å². The number of amides is 3. The zero-order valence-corrected chi connectivity index (χ0v) is 17.3. The monoisotopic (exact) mass is 422 g/mol. The SMILES string of the molecule is COc1ccc(N2C[C@@H](C(=O)Oc3ccc(N4C(=O)CCC4=O)c(C)c3)CC2=O)cc1. The first-order chi connectivity index (χ1) is 14.9. The highest BCUT2D eigenvalue weighted by Gasteiger charge is 2.37. The van der Waals surface area contributed by atoms with E-state index in [1.165, 1.54) is 4.90 Å². The Balaban J connectivity index is 1.43. The summed E-state index contributed by atoms with van der Waals surface area (Å²) >= 11 is 0. The Bertz CT molecular complexity index is 1050. The maximum Gasteiger partial charge on any atom is 0.316 e. The van der Waals surface area contributed by atoms with E-state index in [1.807, 2.05) is 0 Å². The van der Waals surface area contributed by atoms with Gasteiger partial charge in [0.2, 0.25) is 17.7 Å². The van der Waals surface area contributed by atoms with Gasteiger partial charge in [-0.3, -0.25) is 24.1 Å². The van der Waals surface area contributed by atoms with E-state index in [2.05, 4.69) is 0 Å². The Morgan fingerprint density at radius 3 is 2.19 bits per heavy atom. The van der Waals surface area contributed by atoms with Gasteiger partial charge in [-0.05, 0) is 55.0 Å². The smallest absolute Gasteiger partial charge is 0.316 e. The van der Waals surface area contributed by atoms with Crippen LogP contribution in [0.1, 0.15) is 24.8 Å². The van der Waals surface area contributed by atoms with Crippen LogP contribution in [0.4, 0.5) is 11.4 Å². The number of ether oxygens (including phenoxy) is 2. The van der Waals surface area contributed by atoms with Crippen LogP contribution in [0.25, 0.3) is 0 Å². The summed E-state index contributed by atoms with van der Waals surface area (Å²) in [6.07, 6.45) is 0.476. The molecule has 2 aromatic carbocycles. The quantitative estimate of drug-likeness (QED) is 0.418. The van der Waals surface area contributed by atoms with Crippen molar-refractivity contribution in [1.29, 1.82) is 0 Å². The number of anilines is 2. The molecule has 2 fully saturated rings. The third-order valence-corrected chi connectivity index (χ3v) is 5.52. The van der Waals surface area contributed by atoms with Crippen LogP contribution in [0.3, 0.4) is 0 Å². The zero-order valence-electron chi connectivity index (χ0n) is 17.3. The second-order valence-corrected chi connectivity index (χ2v) is 7.60. The summed E-state index contributed by atoms with van der Waals surface area (Å²) in [7, 11) is 1.57.